The van der Waals surface area contributed by atoms with Gasteiger partial charge in [0.25, 0.3) is 0 Å². The molecular weight excluding hydrogens is 419 g/mol. The predicted molar refractivity (Wildman–Crippen MR) is 113 cm³/mol. The highest BCUT2D eigenvalue weighted by molar-refractivity contribution is 5.79. The molecule has 0 spiro atoms. The van der Waals surface area contributed by atoms with Gasteiger partial charge in [-0.2, -0.15) is 0 Å². The molecule has 7 heteroatoms. The largest absolute Gasteiger partial charge is 0.573 e. The second-order valence-electron chi connectivity index (χ2n) is 7.06. The first-order chi connectivity index (χ1) is 15.4. The summed E-state index contributed by atoms with van der Waals surface area (Å²) < 4.78 is 46.2. The van der Waals surface area contributed by atoms with Gasteiger partial charge in [0.2, 0.25) is 0 Å². The van der Waals surface area contributed by atoms with Gasteiger partial charge < -0.3 is 14.8 Å². The number of fused-ring (bicyclic) bond motifs is 3. The molecule has 0 aliphatic heterocycles. The number of rotatable bonds is 4. The van der Waals surface area contributed by atoms with E-state index in [4.69, 9.17) is 4.74 Å². The van der Waals surface area contributed by atoms with Gasteiger partial charge in [-0.3, -0.25) is 0 Å². The molecule has 0 radical (unpaired) electrons. The second-order valence-corrected chi connectivity index (χ2v) is 7.06. The van der Waals surface area contributed by atoms with Crippen LogP contribution in [0.15, 0.2) is 72.8 Å². The summed E-state index contributed by atoms with van der Waals surface area (Å²) in [7, 11) is 0. The summed E-state index contributed by atoms with van der Waals surface area (Å²) in [6.45, 7) is 0.172. The van der Waals surface area contributed by atoms with E-state index in [1.807, 2.05) is 36.4 Å². The molecular formula is C25H18F3NO3. The van der Waals surface area contributed by atoms with E-state index in [1.54, 1.807) is 6.07 Å². The van der Waals surface area contributed by atoms with Gasteiger partial charge >= 0.3 is 12.5 Å². The molecule has 0 bridgehead atoms. The first kappa shape index (κ1) is 21.3. The molecule has 162 valence electrons. The molecule has 0 saturated carbocycles. The van der Waals surface area contributed by atoms with Crippen LogP contribution < -0.4 is 10.1 Å². The van der Waals surface area contributed by atoms with Crippen molar-refractivity contribution < 1.29 is 27.4 Å². The third-order valence-electron chi connectivity index (χ3n) is 4.97. The van der Waals surface area contributed by atoms with Crippen molar-refractivity contribution >= 4 is 6.09 Å². The average molecular weight is 437 g/mol. The van der Waals surface area contributed by atoms with Crippen LogP contribution in [0.2, 0.25) is 0 Å². The minimum Gasteiger partial charge on any atom is -0.449 e. The van der Waals surface area contributed by atoms with Crippen molar-refractivity contribution in [2.75, 3.05) is 13.2 Å². The zero-order chi connectivity index (χ0) is 22.6. The van der Waals surface area contributed by atoms with E-state index in [0.717, 1.165) is 22.3 Å². The molecule has 0 heterocycles. The average Bonchev–Trinajstić information content (AvgIpc) is 3.08. The standard InChI is InChI=1S/C25H18F3NO3/c26-25(27,28)32-18-9-5-7-17(15-18)8-6-14-29-24(30)31-16-23-21-12-3-1-10-19(21)20-11-2-4-13-22(20)23/h1-5,7,9-13,15,23H,14,16H2,(H,29,30). The molecule has 0 unspecified atom stereocenters. The third-order valence-corrected chi connectivity index (χ3v) is 4.97. The number of amides is 1. The number of alkyl halides is 3. The molecule has 4 rings (SSSR count). The molecule has 32 heavy (non-hydrogen) atoms. The van der Waals surface area contributed by atoms with Crippen molar-refractivity contribution in [3.63, 3.8) is 0 Å². The van der Waals surface area contributed by atoms with Crippen LogP contribution in [0.25, 0.3) is 11.1 Å². The van der Waals surface area contributed by atoms with Gasteiger partial charge in [-0.25, -0.2) is 4.79 Å². The zero-order valence-corrected chi connectivity index (χ0v) is 16.8. The van der Waals surface area contributed by atoms with Crippen LogP contribution in [-0.2, 0) is 4.74 Å². The Morgan fingerprint density at radius 1 is 0.938 bits per heavy atom. The van der Waals surface area contributed by atoms with Crippen molar-refractivity contribution in [1.82, 2.24) is 5.32 Å². The maximum atomic E-state index is 12.3. The summed E-state index contributed by atoms with van der Waals surface area (Å²) in [6, 6.07) is 21.4. The predicted octanol–water partition coefficient (Wildman–Crippen LogP) is 5.48. The fourth-order valence-corrected chi connectivity index (χ4v) is 3.68. The zero-order valence-electron chi connectivity index (χ0n) is 16.8. The Bertz CT molecular complexity index is 1150. The fourth-order valence-electron chi connectivity index (χ4n) is 3.68. The highest BCUT2D eigenvalue weighted by Gasteiger charge is 2.31. The molecule has 3 aromatic carbocycles. The lowest BCUT2D eigenvalue weighted by molar-refractivity contribution is -0.274. The molecule has 3 aromatic rings. The normalized spacial score (nSPS) is 12.2. The molecule has 1 aliphatic carbocycles. The monoisotopic (exact) mass is 437 g/mol. The Kier molecular flexibility index (Phi) is 6.04. The van der Waals surface area contributed by atoms with Gasteiger partial charge in [0.15, 0.2) is 0 Å². The molecule has 0 fully saturated rings. The number of halogens is 3. The first-order valence-corrected chi connectivity index (χ1v) is 9.84. The van der Waals surface area contributed by atoms with Gasteiger partial charge in [0.1, 0.15) is 12.4 Å². The number of ether oxygens (including phenoxy) is 2. The minimum atomic E-state index is -4.77. The van der Waals surface area contributed by atoms with Crippen LogP contribution in [0.1, 0.15) is 22.6 Å². The van der Waals surface area contributed by atoms with Crippen LogP contribution >= 0.6 is 0 Å². The molecule has 1 N–H and O–H groups in total. The van der Waals surface area contributed by atoms with E-state index in [2.05, 4.69) is 34.0 Å². The Morgan fingerprint density at radius 2 is 1.59 bits per heavy atom. The highest BCUT2D eigenvalue weighted by Crippen LogP contribution is 2.44. The van der Waals surface area contributed by atoms with E-state index in [-0.39, 0.29) is 24.8 Å². The van der Waals surface area contributed by atoms with E-state index in [0.29, 0.717) is 5.56 Å². The number of hydrogen-bond acceptors (Lipinski definition) is 3. The number of carbonyl (C=O) groups is 1. The Labute approximate surface area is 183 Å². The van der Waals surface area contributed by atoms with Crippen molar-refractivity contribution in [3.05, 3.63) is 89.5 Å². The topological polar surface area (TPSA) is 47.6 Å². The van der Waals surface area contributed by atoms with Gasteiger partial charge in [-0.05, 0) is 40.5 Å². The lowest BCUT2D eigenvalue weighted by atomic mass is 9.98. The van der Waals surface area contributed by atoms with Crippen LogP contribution in [0.4, 0.5) is 18.0 Å². The number of nitrogens with one attached hydrogen (secondary N) is 1. The summed E-state index contributed by atoms with van der Waals surface area (Å²) in [5.41, 5.74) is 4.84. The Hall–Kier alpha value is -3.92. The molecule has 1 amide bonds. The lowest BCUT2D eigenvalue weighted by Gasteiger charge is -2.14. The van der Waals surface area contributed by atoms with Crippen LogP contribution in [0.5, 0.6) is 5.75 Å². The lowest BCUT2D eigenvalue weighted by Crippen LogP contribution is -2.26. The highest BCUT2D eigenvalue weighted by atomic mass is 19.4. The SMILES string of the molecule is O=C(NCC#Cc1cccc(OC(F)(F)F)c1)OCC1c2ccccc2-c2ccccc21. The third kappa shape index (κ3) is 5.03. The Balaban J connectivity index is 1.31. The van der Waals surface area contributed by atoms with Gasteiger partial charge in [0.05, 0.1) is 6.54 Å². The maximum absolute atomic E-state index is 12.3. The second kappa shape index (κ2) is 9.06. The molecule has 0 saturated heterocycles. The maximum Gasteiger partial charge on any atom is 0.573 e. The summed E-state index contributed by atoms with van der Waals surface area (Å²) in [5, 5.41) is 2.53. The van der Waals surface area contributed by atoms with E-state index >= 15 is 0 Å². The van der Waals surface area contributed by atoms with Crippen molar-refractivity contribution in [2.24, 2.45) is 0 Å². The van der Waals surface area contributed by atoms with Crippen LogP contribution in [-0.4, -0.2) is 25.6 Å². The van der Waals surface area contributed by atoms with Crippen molar-refractivity contribution in [3.8, 4) is 28.7 Å². The summed E-state index contributed by atoms with van der Waals surface area (Å²) >= 11 is 0. The fraction of sp³-hybridized carbons (Fsp3) is 0.160. The summed E-state index contributed by atoms with van der Waals surface area (Å²) in [6.07, 6.45) is -5.38. The van der Waals surface area contributed by atoms with Gasteiger partial charge in [-0.1, -0.05) is 66.4 Å². The number of benzene rings is 3. The first-order valence-electron chi connectivity index (χ1n) is 9.84. The van der Waals surface area contributed by atoms with E-state index in [9.17, 15) is 18.0 Å². The number of hydrogen-bond donors (Lipinski definition) is 1. The quantitative estimate of drug-likeness (QED) is 0.551. The van der Waals surface area contributed by atoms with E-state index < -0.39 is 12.5 Å². The van der Waals surface area contributed by atoms with Crippen molar-refractivity contribution in [1.29, 1.82) is 0 Å². The summed E-state index contributed by atoms with van der Waals surface area (Å²) in [4.78, 5) is 12.1. The summed E-state index contributed by atoms with van der Waals surface area (Å²) in [5.74, 6) is 4.97. The van der Waals surface area contributed by atoms with Crippen molar-refractivity contribution in [2.45, 2.75) is 12.3 Å². The number of alkyl carbamates (subject to hydrolysis) is 1. The Morgan fingerprint density at radius 3 is 2.25 bits per heavy atom. The molecule has 4 nitrogen and oxygen atoms in total. The molecule has 0 aromatic heterocycles. The molecule has 1 aliphatic rings. The smallest absolute Gasteiger partial charge is 0.449 e. The van der Waals surface area contributed by atoms with Gasteiger partial charge in [-0.15, -0.1) is 13.2 Å². The van der Waals surface area contributed by atoms with Crippen LogP contribution in [0, 0.1) is 11.8 Å². The van der Waals surface area contributed by atoms with E-state index in [1.165, 1.54) is 18.2 Å². The molecule has 0 atom stereocenters. The van der Waals surface area contributed by atoms with Gasteiger partial charge in [0, 0.05) is 11.5 Å². The number of carbonyl (C=O) groups excluding carboxylic acids is 1. The minimum absolute atomic E-state index is 0.0129. The van der Waals surface area contributed by atoms with Crippen LogP contribution in [0.3, 0.4) is 0 Å².